The summed E-state index contributed by atoms with van der Waals surface area (Å²) in [6.45, 7) is 0.753. The van der Waals surface area contributed by atoms with Gasteiger partial charge in [0.2, 0.25) is 0 Å². The van der Waals surface area contributed by atoms with Gasteiger partial charge in [-0.1, -0.05) is 0 Å². The first-order chi connectivity index (χ1) is 8.83. The monoisotopic (exact) mass is 239 g/mol. The third kappa shape index (κ3) is 1.60. The van der Waals surface area contributed by atoms with Gasteiger partial charge in [0.1, 0.15) is 5.69 Å². The van der Waals surface area contributed by atoms with E-state index in [0.29, 0.717) is 17.3 Å². The Bertz CT molecular complexity index is 567. The molecule has 0 N–H and O–H groups in total. The van der Waals surface area contributed by atoms with Gasteiger partial charge in [0, 0.05) is 23.8 Å². The molecule has 3 rings (SSSR count). The molecule has 0 aromatic heterocycles. The zero-order valence-electron chi connectivity index (χ0n) is 9.97. The second-order valence-corrected chi connectivity index (χ2v) is 4.76. The van der Waals surface area contributed by atoms with Gasteiger partial charge in [-0.2, -0.15) is 5.26 Å². The normalized spacial score (nSPS) is 18.4. The van der Waals surface area contributed by atoms with Crippen LogP contribution in [0.25, 0.3) is 5.57 Å². The Morgan fingerprint density at radius 2 is 2.22 bits per heavy atom. The van der Waals surface area contributed by atoms with Crippen LogP contribution in [0.1, 0.15) is 24.8 Å². The Balaban J connectivity index is 2.08. The average Bonchev–Trinajstić information content (AvgIpc) is 2.36. The molecule has 90 valence electrons. The molecule has 2 aliphatic rings. The minimum Gasteiger partial charge on any atom is -0.364 e. The number of hydrogen-bond donors (Lipinski definition) is 0. The van der Waals surface area contributed by atoms with E-state index in [1.165, 1.54) is 19.3 Å². The fourth-order valence-corrected chi connectivity index (χ4v) is 2.59. The maximum Gasteiger partial charge on any atom is 0.110 e. The zero-order chi connectivity index (χ0) is 12.5. The van der Waals surface area contributed by atoms with Crippen molar-refractivity contribution in [2.24, 2.45) is 5.18 Å². The lowest BCUT2D eigenvalue weighted by Crippen LogP contribution is -2.42. The maximum absolute atomic E-state index is 10.7. The topological polar surface area (TPSA) is 56.5 Å². The summed E-state index contributed by atoms with van der Waals surface area (Å²) in [6, 6.07) is 8.05. The molecule has 0 saturated heterocycles. The van der Waals surface area contributed by atoms with Gasteiger partial charge in [0.25, 0.3) is 0 Å². The SMILES string of the molecule is N#CC1=CCN(C2CCC2)c2cc(N=O)ccc21. The largest absolute Gasteiger partial charge is 0.364 e. The van der Waals surface area contributed by atoms with Crippen molar-refractivity contribution in [2.75, 3.05) is 11.4 Å². The molecular weight excluding hydrogens is 226 g/mol. The maximum atomic E-state index is 10.7. The molecule has 1 aliphatic heterocycles. The van der Waals surface area contributed by atoms with Crippen LogP contribution < -0.4 is 4.90 Å². The number of anilines is 1. The van der Waals surface area contributed by atoms with Crippen LogP contribution in [-0.4, -0.2) is 12.6 Å². The zero-order valence-corrected chi connectivity index (χ0v) is 9.97. The van der Waals surface area contributed by atoms with E-state index in [-0.39, 0.29) is 0 Å². The molecule has 0 bridgehead atoms. The van der Waals surface area contributed by atoms with Crippen LogP contribution in [-0.2, 0) is 0 Å². The van der Waals surface area contributed by atoms with E-state index < -0.39 is 0 Å². The number of allylic oxidation sites excluding steroid dienone is 1. The van der Waals surface area contributed by atoms with E-state index in [4.69, 9.17) is 5.26 Å². The van der Waals surface area contributed by atoms with Gasteiger partial charge in [0.15, 0.2) is 0 Å². The molecule has 0 amide bonds. The van der Waals surface area contributed by atoms with Crippen LogP contribution >= 0.6 is 0 Å². The van der Waals surface area contributed by atoms with Gasteiger partial charge in [-0.3, -0.25) is 0 Å². The van der Waals surface area contributed by atoms with Gasteiger partial charge in [-0.15, -0.1) is 4.91 Å². The number of nitriles is 1. The smallest absolute Gasteiger partial charge is 0.110 e. The lowest BCUT2D eigenvalue weighted by Gasteiger charge is -2.41. The molecule has 0 radical (unpaired) electrons. The second kappa shape index (κ2) is 4.26. The van der Waals surface area contributed by atoms with Gasteiger partial charge >= 0.3 is 0 Å². The Labute approximate surface area is 105 Å². The summed E-state index contributed by atoms with van der Waals surface area (Å²) in [5, 5.41) is 12.1. The summed E-state index contributed by atoms with van der Waals surface area (Å²) in [5.41, 5.74) is 3.02. The molecule has 1 aliphatic carbocycles. The third-order valence-corrected chi connectivity index (χ3v) is 3.81. The molecule has 18 heavy (non-hydrogen) atoms. The molecule has 4 heteroatoms. The van der Waals surface area contributed by atoms with Crippen LogP contribution in [0.4, 0.5) is 11.4 Å². The third-order valence-electron chi connectivity index (χ3n) is 3.81. The molecule has 1 saturated carbocycles. The van der Waals surface area contributed by atoms with Crippen molar-refractivity contribution in [1.29, 1.82) is 5.26 Å². The lowest BCUT2D eigenvalue weighted by molar-refractivity contribution is 0.393. The van der Waals surface area contributed by atoms with Crippen molar-refractivity contribution in [3.8, 4) is 6.07 Å². The van der Waals surface area contributed by atoms with Crippen LogP contribution in [0.2, 0.25) is 0 Å². The van der Waals surface area contributed by atoms with Crippen molar-refractivity contribution < 1.29 is 0 Å². The number of nitrogens with zero attached hydrogens (tertiary/aromatic N) is 3. The first kappa shape index (κ1) is 11.0. The van der Waals surface area contributed by atoms with E-state index in [1.807, 2.05) is 12.1 Å². The van der Waals surface area contributed by atoms with Crippen molar-refractivity contribution in [3.63, 3.8) is 0 Å². The Morgan fingerprint density at radius 3 is 2.83 bits per heavy atom. The molecule has 1 heterocycles. The first-order valence-corrected chi connectivity index (χ1v) is 6.18. The molecule has 4 nitrogen and oxygen atoms in total. The highest BCUT2D eigenvalue weighted by Crippen LogP contribution is 2.39. The van der Waals surface area contributed by atoms with E-state index >= 15 is 0 Å². The summed E-state index contributed by atoms with van der Waals surface area (Å²) >= 11 is 0. The molecule has 1 aromatic rings. The predicted octanol–water partition coefficient (Wildman–Crippen LogP) is 3.36. The van der Waals surface area contributed by atoms with Crippen LogP contribution in [0.15, 0.2) is 29.5 Å². The fraction of sp³-hybridized carbons (Fsp3) is 0.357. The predicted molar refractivity (Wildman–Crippen MR) is 70.5 cm³/mol. The van der Waals surface area contributed by atoms with E-state index in [1.54, 1.807) is 12.1 Å². The molecule has 0 unspecified atom stereocenters. The van der Waals surface area contributed by atoms with Crippen molar-refractivity contribution in [3.05, 3.63) is 34.7 Å². The number of rotatable bonds is 2. The molecule has 0 atom stereocenters. The Hall–Kier alpha value is -2.15. The van der Waals surface area contributed by atoms with Gasteiger partial charge in [-0.25, -0.2) is 0 Å². The Kier molecular flexibility index (Phi) is 2.60. The van der Waals surface area contributed by atoms with E-state index in [9.17, 15) is 4.91 Å². The minimum absolute atomic E-state index is 0.428. The number of fused-ring (bicyclic) bond motifs is 1. The molecule has 1 fully saturated rings. The highest BCUT2D eigenvalue weighted by atomic mass is 16.3. The number of nitroso groups, excluding NO2 is 1. The van der Waals surface area contributed by atoms with Gasteiger partial charge in [0.05, 0.1) is 11.6 Å². The minimum atomic E-state index is 0.428. The quantitative estimate of drug-likeness (QED) is 0.743. The summed E-state index contributed by atoms with van der Waals surface area (Å²) in [7, 11) is 0. The molecule has 1 aromatic carbocycles. The van der Waals surface area contributed by atoms with Gasteiger partial charge < -0.3 is 4.90 Å². The summed E-state index contributed by atoms with van der Waals surface area (Å²) in [5.74, 6) is 0. The standard InChI is InChI=1S/C14H13N3O/c15-9-10-6-7-17(12-2-1-3-12)14-8-11(16-18)4-5-13(10)14/h4-6,8,12H,1-3,7H2. The first-order valence-electron chi connectivity index (χ1n) is 6.18. The van der Waals surface area contributed by atoms with Crippen LogP contribution in [0.3, 0.4) is 0 Å². The van der Waals surface area contributed by atoms with Gasteiger partial charge in [-0.05, 0) is 48.7 Å². The average molecular weight is 239 g/mol. The molecule has 0 spiro atoms. The highest BCUT2D eigenvalue weighted by Gasteiger charge is 2.29. The second-order valence-electron chi connectivity index (χ2n) is 4.76. The summed E-state index contributed by atoms with van der Waals surface area (Å²) in [6.07, 6.45) is 5.60. The van der Waals surface area contributed by atoms with Crippen molar-refractivity contribution in [2.45, 2.75) is 25.3 Å². The highest BCUT2D eigenvalue weighted by molar-refractivity contribution is 5.88. The van der Waals surface area contributed by atoms with E-state index in [2.05, 4.69) is 16.1 Å². The van der Waals surface area contributed by atoms with E-state index in [0.717, 1.165) is 17.8 Å². The number of hydrogen-bond acceptors (Lipinski definition) is 4. The summed E-state index contributed by atoms with van der Waals surface area (Å²) < 4.78 is 0. The van der Waals surface area contributed by atoms with Crippen molar-refractivity contribution >= 4 is 16.9 Å². The van der Waals surface area contributed by atoms with Crippen molar-refractivity contribution in [1.82, 2.24) is 0 Å². The molecular formula is C14H13N3O. The summed E-state index contributed by atoms with van der Waals surface area (Å²) in [4.78, 5) is 12.9. The number of benzene rings is 1. The van der Waals surface area contributed by atoms with Crippen LogP contribution in [0, 0.1) is 16.2 Å². The lowest BCUT2D eigenvalue weighted by atomic mass is 9.88. The fourth-order valence-electron chi connectivity index (χ4n) is 2.59. The Morgan fingerprint density at radius 1 is 1.39 bits per heavy atom. The van der Waals surface area contributed by atoms with Crippen LogP contribution in [0.5, 0.6) is 0 Å².